The number of benzene rings is 2. The Morgan fingerprint density at radius 3 is 2.50 bits per heavy atom. The van der Waals surface area contributed by atoms with E-state index in [0.717, 1.165) is 60.0 Å². The summed E-state index contributed by atoms with van der Waals surface area (Å²) in [5, 5.41) is 4.03. The van der Waals surface area contributed by atoms with E-state index in [0.29, 0.717) is 6.61 Å². The molecule has 2 aromatic carbocycles. The normalized spacial score (nSPS) is 14.0. The van der Waals surface area contributed by atoms with Crippen molar-refractivity contribution in [3.05, 3.63) is 71.5 Å². The number of nitrogens with zero attached hydrogens (tertiary/aromatic N) is 3. The molecule has 0 saturated carbocycles. The smallest absolute Gasteiger partial charge is 0.135 e. The molecule has 1 fully saturated rings. The fourth-order valence-electron chi connectivity index (χ4n) is 2.91. The van der Waals surface area contributed by atoms with Crippen LogP contribution in [0.1, 0.15) is 5.56 Å². The van der Waals surface area contributed by atoms with Crippen molar-refractivity contribution in [3.8, 4) is 5.75 Å². The van der Waals surface area contributed by atoms with Crippen molar-refractivity contribution in [1.82, 2.24) is 9.97 Å². The van der Waals surface area contributed by atoms with Crippen LogP contribution >= 0.6 is 11.6 Å². The molecule has 4 rings (SSSR count). The number of anilines is 3. The first-order valence-electron chi connectivity index (χ1n) is 9.15. The molecule has 0 spiro atoms. The highest BCUT2D eigenvalue weighted by atomic mass is 35.5. The zero-order chi connectivity index (χ0) is 19.2. The summed E-state index contributed by atoms with van der Waals surface area (Å²) in [6.45, 7) is 3.64. The molecule has 144 valence electrons. The Balaban J connectivity index is 1.35. The molecule has 7 heteroatoms. The van der Waals surface area contributed by atoms with E-state index in [2.05, 4.69) is 20.2 Å². The van der Waals surface area contributed by atoms with Crippen molar-refractivity contribution in [1.29, 1.82) is 0 Å². The van der Waals surface area contributed by atoms with Gasteiger partial charge in [0.25, 0.3) is 0 Å². The van der Waals surface area contributed by atoms with Crippen molar-refractivity contribution in [2.75, 3.05) is 36.5 Å². The number of aromatic nitrogens is 2. The van der Waals surface area contributed by atoms with E-state index in [1.165, 1.54) is 0 Å². The molecule has 0 unspecified atom stereocenters. The Morgan fingerprint density at radius 2 is 1.75 bits per heavy atom. The van der Waals surface area contributed by atoms with Crippen molar-refractivity contribution < 1.29 is 9.47 Å². The van der Waals surface area contributed by atoms with Gasteiger partial charge in [0.15, 0.2) is 0 Å². The van der Waals surface area contributed by atoms with Crippen LogP contribution in [0.5, 0.6) is 5.75 Å². The van der Waals surface area contributed by atoms with E-state index >= 15 is 0 Å². The number of rotatable bonds is 6. The van der Waals surface area contributed by atoms with Crippen LogP contribution < -0.4 is 15.0 Å². The highest BCUT2D eigenvalue weighted by molar-refractivity contribution is 6.30. The zero-order valence-corrected chi connectivity index (χ0v) is 16.1. The average molecular weight is 397 g/mol. The fourth-order valence-corrected chi connectivity index (χ4v) is 3.04. The van der Waals surface area contributed by atoms with E-state index in [-0.39, 0.29) is 0 Å². The van der Waals surface area contributed by atoms with Gasteiger partial charge in [-0.2, -0.15) is 0 Å². The minimum Gasteiger partial charge on any atom is -0.489 e. The molecule has 0 radical (unpaired) electrons. The molecular formula is C21H21ClN4O2. The lowest BCUT2D eigenvalue weighted by Crippen LogP contribution is -2.36. The van der Waals surface area contributed by atoms with E-state index in [9.17, 15) is 0 Å². The maximum absolute atomic E-state index is 5.90. The van der Waals surface area contributed by atoms with E-state index in [1.54, 1.807) is 6.33 Å². The number of nitrogens with one attached hydrogen (secondary N) is 1. The van der Waals surface area contributed by atoms with Gasteiger partial charge in [-0.05, 0) is 42.0 Å². The molecule has 1 aliphatic rings. The van der Waals surface area contributed by atoms with Gasteiger partial charge in [-0.15, -0.1) is 0 Å². The van der Waals surface area contributed by atoms with Crippen LogP contribution in [0, 0.1) is 0 Å². The summed E-state index contributed by atoms with van der Waals surface area (Å²) in [5.41, 5.74) is 2.01. The van der Waals surface area contributed by atoms with E-state index < -0.39 is 0 Å². The molecule has 0 atom stereocenters. The van der Waals surface area contributed by atoms with Crippen molar-refractivity contribution in [3.63, 3.8) is 0 Å². The van der Waals surface area contributed by atoms with Gasteiger partial charge in [0.2, 0.25) is 0 Å². The number of hydrogen-bond donors (Lipinski definition) is 1. The summed E-state index contributed by atoms with van der Waals surface area (Å²) in [6.07, 6.45) is 1.58. The molecule has 28 heavy (non-hydrogen) atoms. The topological polar surface area (TPSA) is 59.5 Å². The van der Waals surface area contributed by atoms with E-state index in [4.69, 9.17) is 21.1 Å². The summed E-state index contributed by atoms with van der Waals surface area (Å²) in [7, 11) is 0. The fraction of sp³-hybridized carbons (Fsp3) is 0.238. The van der Waals surface area contributed by atoms with Crippen molar-refractivity contribution in [2.45, 2.75) is 6.61 Å². The van der Waals surface area contributed by atoms with Gasteiger partial charge in [0, 0.05) is 29.9 Å². The van der Waals surface area contributed by atoms with Gasteiger partial charge in [-0.25, -0.2) is 9.97 Å². The first-order chi connectivity index (χ1) is 13.8. The van der Waals surface area contributed by atoms with Crippen LogP contribution in [0.25, 0.3) is 0 Å². The minimum absolute atomic E-state index is 0.499. The van der Waals surface area contributed by atoms with Crippen LogP contribution in [0.2, 0.25) is 5.02 Å². The highest BCUT2D eigenvalue weighted by Crippen LogP contribution is 2.22. The van der Waals surface area contributed by atoms with Crippen LogP contribution in [0.3, 0.4) is 0 Å². The molecule has 0 bridgehead atoms. The second-order valence-electron chi connectivity index (χ2n) is 6.43. The number of hydrogen-bond acceptors (Lipinski definition) is 6. The van der Waals surface area contributed by atoms with Gasteiger partial charge in [-0.3, -0.25) is 0 Å². The Hall–Kier alpha value is -2.83. The van der Waals surface area contributed by atoms with E-state index in [1.807, 2.05) is 54.6 Å². The summed E-state index contributed by atoms with van der Waals surface area (Å²) >= 11 is 5.90. The number of morpholine rings is 1. The van der Waals surface area contributed by atoms with Gasteiger partial charge < -0.3 is 19.7 Å². The standard InChI is InChI=1S/C21H21ClN4O2/c22-17-3-1-16(2-4-17)14-28-19-7-5-18(6-8-19)25-20-13-21(24-15-23-20)26-9-11-27-12-10-26/h1-8,13,15H,9-12,14H2,(H,23,24,25). The predicted molar refractivity (Wildman–Crippen MR) is 111 cm³/mol. The Kier molecular flexibility index (Phi) is 5.89. The molecule has 1 aromatic heterocycles. The lowest BCUT2D eigenvalue weighted by Gasteiger charge is -2.27. The molecule has 3 aromatic rings. The van der Waals surface area contributed by atoms with Crippen molar-refractivity contribution in [2.24, 2.45) is 0 Å². The molecule has 0 amide bonds. The first kappa shape index (κ1) is 18.5. The lowest BCUT2D eigenvalue weighted by molar-refractivity contribution is 0.122. The maximum atomic E-state index is 5.90. The van der Waals surface area contributed by atoms with Gasteiger partial charge in [0.1, 0.15) is 30.3 Å². The second-order valence-corrected chi connectivity index (χ2v) is 6.86. The number of ether oxygens (including phenoxy) is 2. The summed E-state index contributed by atoms with van der Waals surface area (Å²) in [5.74, 6) is 2.47. The third-order valence-electron chi connectivity index (χ3n) is 4.43. The van der Waals surface area contributed by atoms with Crippen LogP contribution in [0.4, 0.5) is 17.3 Å². The quantitative estimate of drug-likeness (QED) is 0.670. The highest BCUT2D eigenvalue weighted by Gasteiger charge is 2.13. The Bertz CT molecular complexity index is 897. The molecular weight excluding hydrogens is 376 g/mol. The summed E-state index contributed by atoms with van der Waals surface area (Å²) in [6, 6.07) is 17.4. The van der Waals surface area contributed by atoms with Crippen LogP contribution in [-0.2, 0) is 11.3 Å². The monoisotopic (exact) mass is 396 g/mol. The molecule has 1 N–H and O–H groups in total. The number of halogens is 1. The summed E-state index contributed by atoms with van der Waals surface area (Å²) < 4.78 is 11.2. The van der Waals surface area contributed by atoms with Crippen LogP contribution in [0.15, 0.2) is 60.9 Å². The third kappa shape index (κ3) is 4.91. The predicted octanol–water partition coefficient (Wildman–Crippen LogP) is 4.29. The molecule has 1 aliphatic heterocycles. The second kappa shape index (κ2) is 8.91. The molecule has 1 saturated heterocycles. The van der Waals surface area contributed by atoms with Gasteiger partial charge in [0.05, 0.1) is 13.2 Å². The average Bonchev–Trinajstić information content (AvgIpc) is 2.75. The summed E-state index contributed by atoms with van der Waals surface area (Å²) in [4.78, 5) is 10.9. The van der Waals surface area contributed by atoms with Crippen LogP contribution in [-0.4, -0.2) is 36.3 Å². The SMILES string of the molecule is Clc1ccc(COc2ccc(Nc3cc(N4CCOCC4)ncn3)cc2)cc1. The minimum atomic E-state index is 0.499. The van der Waals surface area contributed by atoms with Gasteiger partial charge in [-0.1, -0.05) is 23.7 Å². The first-order valence-corrected chi connectivity index (χ1v) is 9.53. The maximum Gasteiger partial charge on any atom is 0.135 e. The molecule has 0 aliphatic carbocycles. The Labute approximate surface area is 169 Å². The largest absolute Gasteiger partial charge is 0.489 e. The van der Waals surface area contributed by atoms with Gasteiger partial charge >= 0.3 is 0 Å². The Morgan fingerprint density at radius 1 is 1.00 bits per heavy atom. The molecule has 6 nitrogen and oxygen atoms in total. The third-order valence-corrected chi connectivity index (χ3v) is 4.69. The molecule has 2 heterocycles. The lowest BCUT2D eigenvalue weighted by atomic mass is 10.2. The zero-order valence-electron chi connectivity index (χ0n) is 15.3. The van der Waals surface area contributed by atoms with Crippen molar-refractivity contribution >= 4 is 28.9 Å².